The number of hydrogen-bond acceptors (Lipinski definition) is 2. The number of halogens is 1. The van der Waals surface area contributed by atoms with Gasteiger partial charge in [0.2, 0.25) is 0 Å². The summed E-state index contributed by atoms with van der Waals surface area (Å²) in [6.07, 6.45) is 2.45. The van der Waals surface area contributed by atoms with Crippen LogP contribution in [0.4, 0.5) is 0 Å². The normalized spacial score (nSPS) is 27.8. The Morgan fingerprint density at radius 1 is 1.17 bits per heavy atom. The van der Waals surface area contributed by atoms with E-state index in [0.29, 0.717) is 5.92 Å². The van der Waals surface area contributed by atoms with Crippen molar-refractivity contribution >= 4 is 18.5 Å². The van der Waals surface area contributed by atoms with Crippen LogP contribution in [0, 0.1) is 5.92 Å². The van der Waals surface area contributed by atoms with Gasteiger partial charge in [-0.3, -0.25) is 0 Å². The van der Waals surface area contributed by atoms with Gasteiger partial charge in [0.25, 0.3) is 0 Å². The Balaban J connectivity index is 1.78. The van der Waals surface area contributed by atoms with E-state index < -0.39 is 7.38 Å². The minimum atomic E-state index is -1.35. The van der Waals surface area contributed by atoms with Crippen LogP contribution in [0.15, 0.2) is 24.3 Å². The molecular formula is C14H21ClO2Si. The Labute approximate surface area is 115 Å². The Bertz CT molecular complexity index is 368. The molecule has 1 aliphatic rings. The zero-order chi connectivity index (χ0) is 13.0. The largest absolute Gasteiger partial charge is 0.497 e. The molecule has 1 heterocycles. The molecule has 1 aliphatic heterocycles. The average molecular weight is 285 g/mol. The Kier molecular flexibility index (Phi) is 4.57. The highest BCUT2D eigenvalue weighted by molar-refractivity contribution is 7.19. The molecule has 4 heteroatoms. The molecule has 2 rings (SSSR count). The zero-order valence-corrected chi connectivity index (χ0v) is 12.9. The second kappa shape index (κ2) is 5.98. The molecule has 100 valence electrons. The fourth-order valence-electron chi connectivity index (χ4n) is 2.33. The van der Waals surface area contributed by atoms with Gasteiger partial charge in [0, 0.05) is 0 Å². The van der Waals surface area contributed by atoms with E-state index in [1.54, 1.807) is 7.11 Å². The molecule has 1 aromatic carbocycles. The average Bonchev–Trinajstić information content (AvgIpc) is 2.38. The van der Waals surface area contributed by atoms with E-state index in [9.17, 15) is 0 Å². The molecule has 0 unspecified atom stereocenters. The van der Waals surface area contributed by atoms with Gasteiger partial charge in [-0.25, -0.2) is 0 Å². The van der Waals surface area contributed by atoms with Crippen LogP contribution in [-0.2, 0) is 0 Å². The fraction of sp³-hybridized carbons (Fsp3) is 0.571. The summed E-state index contributed by atoms with van der Waals surface area (Å²) in [7, 11) is 0.319. The lowest BCUT2D eigenvalue weighted by Crippen LogP contribution is -2.30. The number of hydrogen-bond donors (Lipinski definition) is 0. The van der Waals surface area contributed by atoms with Crippen LogP contribution in [0.2, 0.25) is 18.6 Å². The summed E-state index contributed by atoms with van der Waals surface area (Å²) in [6.45, 7) is 3.09. The molecule has 0 aromatic heterocycles. The van der Waals surface area contributed by atoms with Crippen LogP contribution in [0.3, 0.4) is 0 Å². The van der Waals surface area contributed by atoms with Crippen molar-refractivity contribution in [3.8, 4) is 11.5 Å². The summed E-state index contributed by atoms with van der Waals surface area (Å²) >= 11 is 6.47. The van der Waals surface area contributed by atoms with Gasteiger partial charge in [0.05, 0.1) is 13.7 Å². The number of ether oxygens (including phenoxy) is 2. The van der Waals surface area contributed by atoms with Gasteiger partial charge in [0.15, 0.2) is 7.38 Å². The highest BCUT2D eigenvalue weighted by atomic mass is 35.6. The summed E-state index contributed by atoms with van der Waals surface area (Å²) in [4.78, 5) is 0. The number of rotatable bonds is 4. The molecule has 0 radical (unpaired) electrons. The molecule has 0 N–H and O–H groups in total. The molecular weight excluding hydrogens is 264 g/mol. The maximum atomic E-state index is 6.47. The predicted molar refractivity (Wildman–Crippen MR) is 78.3 cm³/mol. The minimum Gasteiger partial charge on any atom is -0.497 e. The van der Waals surface area contributed by atoms with Crippen LogP contribution in [-0.4, -0.2) is 21.1 Å². The molecule has 2 nitrogen and oxygen atoms in total. The van der Waals surface area contributed by atoms with E-state index in [1.165, 1.54) is 24.9 Å². The van der Waals surface area contributed by atoms with Gasteiger partial charge in [-0.05, 0) is 55.1 Å². The van der Waals surface area contributed by atoms with Crippen molar-refractivity contribution in [1.29, 1.82) is 0 Å². The first-order valence-electron chi connectivity index (χ1n) is 6.55. The van der Waals surface area contributed by atoms with Crippen LogP contribution in [0.1, 0.15) is 12.8 Å². The van der Waals surface area contributed by atoms with Gasteiger partial charge in [-0.15, -0.1) is 0 Å². The van der Waals surface area contributed by atoms with Gasteiger partial charge < -0.3 is 9.47 Å². The second-order valence-corrected chi connectivity index (χ2v) is 11.9. The lowest BCUT2D eigenvalue weighted by atomic mass is 10.0. The first kappa shape index (κ1) is 13.8. The minimum absolute atomic E-state index is 0.673. The summed E-state index contributed by atoms with van der Waals surface area (Å²) in [5.41, 5.74) is 0. The van der Waals surface area contributed by atoms with E-state index >= 15 is 0 Å². The molecule has 1 aromatic rings. The van der Waals surface area contributed by atoms with Crippen LogP contribution >= 0.6 is 11.1 Å². The quantitative estimate of drug-likeness (QED) is 0.606. The number of benzene rings is 1. The topological polar surface area (TPSA) is 18.5 Å². The highest BCUT2D eigenvalue weighted by Gasteiger charge is 2.31. The van der Waals surface area contributed by atoms with Crippen molar-refractivity contribution < 1.29 is 9.47 Å². The van der Waals surface area contributed by atoms with Crippen LogP contribution < -0.4 is 9.47 Å². The molecule has 0 spiro atoms. The van der Waals surface area contributed by atoms with Crippen molar-refractivity contribution in [3.05, 3.63) is 24.3 Å². The molecule has 0 aliphatic carbocycles. The summed E-state index contributed by atoms with van der Waals surface area (Å²) in [5.74, 6) is 2.46. The van der Waals surface area contributed by atoms with E-state index in [1.807, 2.05) is 24.3 Å². The van der Waals surface area contributed by atoms with Crippen LogP contribution in [0.25, 0.3) is 0 Å². The SMILES string of the molecule is COc1ccc(OCC2CC[Si](C)(Cl)CC2)cc1. The zero-order valence-electron chi connectivity index (χ0n) is 11.1. The molecule has 0 atom stereocenters. The Morgan fingerprint density at radius 3 is 2.28 bits per heavy atom. The van der Waals surface area contributed by atoms with E-state index in [-0.39, 0.29) is 0 Å². The summed E-state index contributed by atoms with van der Waals surface area (Å²) in [5, 5.41) is 0. The molecule has 0 saturated carbocycles. The van der Waals surface area contributed by atoms with Crippen molar-refractivity contribution in [2.24, 2.45) is 5.92 Å². The Morgan fingerprint density at radius 2 is 1.72 bits per heavy atom. The Hall–Kier alpha value is -0.673. The maximum Gasteiger partial charge on any atom is 0.153 e. The van der Waals surface area contributed by atoms with E-state index in [0.717, 1.165) is 18.1 Å². The van der Waals surface area contributed by atoms with Gasteiger partial charge in [-0.1, -0.05) is 6.55 Å². The molecule has 1 saturated heterocycles. The molecule has 1 fully saturated rings. The monoisotopic (exact) mass is 284 g/mol. The summed E-state index contributed by atoms with van der Waals surface area (Å²) < 4.78 is 11.0. The molecule has 18 heavy (non-hydrogen) atoms. The van der Waals surface area contributed by atoms with Crippen molar-refractivity contribution in [2.45, 2.75) is 31.5 Å². The lowest BCUT2D eigenvalue weighted by Gasteiger charge is -2.30. The summed E-state index contributed by atoms with van der Waals surface area (Å²) in [6, 6.07) is 10.2. The first-order valence-corrected chi connectivity index (χ1v) is 10.5. The van der Waals surface area contributed by atoms with Crippen molar-refractivity contribution in [1.82, 2.24) is 0 Å². The highest BCUT2D eigenvalue weighted by Crippen LogP contribution is 2.35. The fourth-order valence-corrected chi connectivity index (χ4v) is 5.26. The van der Waals surface area contributed by atoms with Gasteiger partial charge in [-0.2, -0.15) is 11.1 Å². The lowest BCUT2D eigenvalue weighted by molar-refractivity contribution is 0.236. The van der Waals surface area contributed by atoms with Gasteiger partial charge in [0.1, 0.15) is 11.5 Å². The van der Waals surface area contributed by atoms with E-state index in [4.69, 9.17) is 20.6 Å². The standard InChI is InChI=1S/C14H21ClO2Si/c1-16-13-3-5-14(6-4-13)17-11-12-7-9-18(2,15)10-8-12/h3-6,12H,7-11H2,1-2H3. The van der Waals surface area contributed by atoms with Crippen molar-refractivity contribution in [3.63, 3.8) is 0 Å². The smallest absolute Gasteiger partial charge is 0.153 e. The third kappa shape index (κ3) is 3.92. The molecule has 0 bridgehead atoms. The molecule has 0 amide bonds. The predicted octanol–water partition coefficient (Wildman–Crippen LogP) is 4.30. The maximum absolute atomic E-state index is 6.47. The first-order chi connectivity index (χ1) is 8.59. The van der Waals surface area contributed by atoms with Crippen molar-refractivity contribution in [2.75, 3.05) is 13.7 Å². The van der Waals surface area contributed by atoms with Gasteiger partial charge >= 0.3 is 0 Å². The number of methoxy groups -OCH3 is 1. The third-order valence-corrected chi connectivity index (χ3v) is 7.49. The second-order valence-electron chi connectivity index (χ2n) is 5.34. The van der Waals surface area contributed by atoms with Crippen LogP contribution in [0.5, 0.6) is 11.5 Å². The third-order valence-electron chi connectivity index (χ3n) is 3.69. The van der Waals surface area contributed by atoms with E-state index in [2.05, 4.69) is 6.55 Å².